The number of rotatable bonds is 1. The van der Waals surface area contributed by atoms with Crippen LogP contribution in [0, 0.1) is 6.92 Å². The second-order valence-electron chi connectivity index (χ2n) is 3.68. The Labute approximate surface area is 92.8 Å². The van der Waals surface area contributed by atoms with Gasteiger partial charge in [0.05, 0.1) is 12.8 Å². The van der Waals surface area contributed by atoms with Gasteiger partial charge in [0, 0.05) is 10.0 Å². The highest BCUT2D eigenvalue weighted by atomic mass is 79.9. The molecule has 1 aliphatic carbocycles. The van der Waals surface area contributed by atoms with Gasteiger partial charge >= 0.3 is 0 Å². The molecule has 1 aromatic heterocycles. The Hall–Kier alpha value is -0.570. The van der Waals surface area contributed by atoms with E-state index in [2.05, 4.69) is 20.9 Å². The zero-order chi connectivity index (χ0) is 10.1. The molecule has 0 saturated heterocycles. The van der Waals surface area contributed by atoms with Crippen LogP contribution in [0.1, 0.15) is 29.7 Å². The van der Waals surface area contributed by atoms with Crippen molar-refractivity contribution >= 4 is 15.9 Å². The summed E-state index contributed by atoms with van der Waals surface area (Å²) in [6.07, 6.45) is 4.78. The Balaban J connectivity index is 2.60. The topological polar surface area (TPSA) is 22.1 Å². The first-order chi connectivity index (χ1) is 6.74. The van der Waals surface area contributed by atoms with Gasteiger partial charge in [-0.1, -0.05) is 0 Å². The lowest BCUT2D eigenvalue weighted by atomic mass is 9.92. The molecule has 2 nitrogen and oxygen atoms in total. The van der Waals surface area contributed by atoms with Crippen molar-refractivity contribution in [3.05, 3.63) is 21.3 Å². The van der Waals surface area contributed by atoms with Crippen LogP contribution in [0.2, 0.25) is 0 Å². The van der Waals surface area contributed by atoms with Crippen LogP contribution in [0.5, 0.6) is 5.88 Å². The molecule has 0 radical (unpaired) electrons. The van der Waals surface area contributed by atoms with Gasteiger partial charge < -0.3 is 4.74 Å². The predicted molar refractivity (Wildman–Crippen MR) is 59.9 cm³/mol. The molecule has 0 bridgehead atoms. The van der Waals surface area contributed by atoms with Gasteiger partial charge in [-0.05, 0) is 54.1 Å². The third kappa shape index (κ3) is 1.54. The monoisotopic (exact) mass is 255 g/mol. The van der Waals surface area contributed by atoms with Crippen molar-refractivity contribution in [2.45, 2.75) is 32.6 Å². The fourth-order valence-electron chi connectivity index (χ4n) is 2.04. The third-order valence-corrected chi connectivity index (χ3v) is 3.82. The van der Waals surface area contributed by atoms with E-state index in [4.69, 9.17) is 4.74 Å². The highest BCUT2D eigenvalue weighted by Crippen LogP contribution is 2.34. The Morgan fingerprint density at radius 1 is 1.21 bits per heavy atom. The van der Waals surface area contributed by atoms with Gasteiger partial charge in [0.25, 0.3) is 0 Å². The van der Waals surface area contributed by atoms with Crippen molar-refractivity contribution < 1.29 is 4.74 Å². The van der Waals surface area contributed by atoms with Gasteiger partial charge in [0.15, 0.2) is 0 Å². The quantitative estimate of drug-likeness (QED) is 0.770. The third-order valence-electron chi connectivity index (χ3n) is 2.77. The molecule has 0 atom stereocenters. The molecule has 1 heterocycles. The maximum absolute atomic E-state index is 5.32. The minimum Gasteiger partial charge on any atom is -0.481 e. The Morgan fingerprint density at radius 2 is 1.86 bits per heavy atom. The number of aromatic nitrogens is 1. The Morgan fingerprint density at radius 3 is 2.50 bits per heavy atom. The van der Waals surface area contributed by atoms with E-state index >= 15 is 0 Å². The minimum absolute atomic E-state index is 0.820. The molecule has 0 aromatic carbocycles. The lowest BCUT2D eigenvalue weighted by Gasteiger charge is -2.20. The van der Waals surface area contributed by atoms with Crippen LogP contribution < -0.4 is 4.74 Å². The standard InChI is InChI=1S/C11H14BrNO/c1-7-10(12)8-5-3-4-6-9(8)11(13-7)14-2/h3-6H2,1-2H3. The molecule has 0 amide bonds. The second-order valence-corrected chi connectivity index (χ2v) is 4.48. The minimum atomic E-state index is 0.820. The number of halogens is 1. The molecule has 0 aliphatic heterocycles. The molecule has 1 aliphatic rings. The summed E-state index contributed by atoms with van der Waals surface area (Å²) >= 11 is 3.61. The summed E-state index contributed by atoms with van der Waals surface area (Å²) in [5, 5.41) is 0. The fourth-order valence-corrected chi connectivity index (χ4v) is 2.57. The van der Waals surface area contributed by atoms with Gasteiger partial charge in [-0.3, -0.25) is 0 Å². The van der Waals surface area contributed by atoms with Crippen molar-refractivity contribution in [3.8, 4) is 5.88 Å². The summed E-state index contributed by atoms with van der Waals surface area (Å²) in [4.78, 5) is 4.44. The molecule has 3 heteroatoms. The molecule has 0 N–H and O–H groups in total. The summed E-state index contributed by atoms with van der Waals surface area (Å²) in [5.74, 6) is 0.820. The summed E-state index contributed by atoms with van der Waals surface area (Å²) in [7, 11) is 1.70. The van der Waals surface area contributed by atoms with Gasteiger partial charge in [0.1, 0.15) is 0 Å². The number of hydrogen-bond donors (Lipinski definition) is 0. The molecule has 0 unspecified atom stereocenters. The number of aryl methyl sites for hydroxylation is 1. The van der Waals surface area contributed by atoms with Crippen LogP contribution in [0.15, 0.2) is 4.47 Å². The second kappa shape index (κ2) is 3.89. The Kier molecular flexibility index (Phi) is 2.77. The molecular formula is C11H14BrNO. The van der Waals surface area contributed by atoms with Crippen molar-refractivity contribution in [1.82, 2.24) is 4.98 Å². The highest BCUT2D eigenvalue weighted by molar-refractivity contribution is 9.10. The number of pyridine rings is 1. The molecule has 0 fully saturated rings. The van der Waals surface area contributed by atoms with Crippen LogP contribution in [0.4, 0.5) is 0 Å². The summed E-state index contributed by atoms with van der Waals surface area (Å²) in [5.41, 5.74) is 3.74. The molecule has 1 aromatic rings. The maximum atomic E-state index is 5.32. The van der Waals surface area contributed by atoms with Crippen molar-refractivity contribution in [1.29, 1.82) is 0 Å². The number of ether oxygens (including phenoxy) is 1. The van der Waals surface area contributed by atoms with E-state index in [-0.39, 0.29) is 0 Å². The predicted octanol–water partition coefficient (Wildman–Crippen LogP) is 3.04. The smallest absolute Gasteiger partial charge is 0.216 e. The number of methoxy groups -OCH3 is 1. The maximum Gasteiger partial charge on any atom is 0.216 e. The van der Waals surface area contributed by atoms with Crippen LogP contribution in [-0.4, -0.2) is 12.1 Å². The largest absolute Gasteiger partial charge is 0.481 e. The van der Waals surface area contributed by atoms with E-state index in [0.717, 1.165) is 24.4 Å². The summed E-state index contributed by atoms with van der Waals surface area (Å²) in [6.45, 7) is 2.02. The zero-order valence-corrected chi connectivity index (χ0v) is 10.1. The van der Waals surface area contributed by atoms with Crippen molar-refractivity contribution in [2.24, 2.45) is 0 Å². The average molecular weight is 256 g/mol. The van der Waals surface area contributed by atoms with Gasteiger partial charge in [0.2, 0.25) is 5.88 Å². The fraction of sp³-hybridized carbons (Fsp3) is 0.545. The lowest BCUT2D eigenvalue weighted by Crippen LogP contribution is -2.09. The zero-order valence-electron chi connectivity index (χ0n) is 8.56. The van der Waals surface area contributed by atoms with Crippen molar-refractivity contribution in [2.75, 3.05) is 7.11 Å². The molecule has 76 valence electrons. The number of hydrogen-bond acceptors (Lipinski definition) is 2. The first-order valence-electron chi connectivity index (χ1n) is 4.96. The SMILES string of the molecule is COc1nc(C)c(Br)c2c1CCCC2. The highest BCUT2D eigenvalue weighted by Gasteiger charge is 2.19. The average Bonchev–Trinajstić information content (AvgIpc) is 2.23. The van der Waals surface area contributed by atoms with Crippen LogP contribution in [0.3, 0.4) is 0 Å². The molecule has 0 spiro atoms. The molecule has 14 heavy (non-hydrogen) atoms. The van der Waals surface area contributed by atoms with E-state index in [0.29, 0.717) is 0 Å². The molecular weight excluding hydrogens is 242 g/mol. The summed E-state index contributed by atoms with van der Waals surface area (Å²) < 4.78 is 6.49. The molecule has 2 rings (SSSR count). The van der Waals surface area contributed by atoms with Crippen LogP contribution in [0.25, 0.3) is 0 Å². The van der Waals surface area contributed by atoms with E-state index in [1.54, 1.807) is 7.11 Å². The number of fused-ring (bicyclic) bond motifs is 1. The van der Waals surface area contributed by atoms with E-state index in [1.165, 1.54) is 28.4 Å². The Bertz CT molecular complexity index is 363. The first kappa shape index (κ1) is 9.97. The molecule has 0 saturated carbocycles. The first-order valence-corrected chi connectivity index (χ1v) is 5.75. The normalized spacial score (nSPS) is 15.1. The van der Waals surface area contributed by atoms with Crippen LogP contribution >= 0.6 is 15.9 Å². The van der Waals surface area contributed by atoms with Gasteiger partial charge in [-0.15, -0.1) is 0 Å². The van der Waals surface area contributed by atoms with Crippen LogP contribution in [-0.2, 0) is 12.8 Å². The summed E-state index contributed by atoms with van der Waals surface area (Å²) in [6, 6.07) is 0. The number of nitrogens with zero attached hydrogens (tertiary/aromatic N) is 1. The van der Waals surface area contributed by atoms with Crippen molar-refractivity contribution in [3.63, 3.8) is 0 Å². The lowest BCUT2D eigenvalue weighted by molar-refractivity contribution is 0.387. The van der Waals surface area contributed by atoms with Gasteiger partial charge in [-0.25, -0.2) is 4.98 Å². The van der Waals surface area contributed by atoms with E-state index in [9.17, 15) is 0 Å². The van der Waals surface area contributed by atoms with E-state index < -0.39 is 0 Å². The van der Waals surface area contributed by atoms with E-state index in [1.807, 2.05) is 6.92 Å². The van der Waals surface area contributed by atoms with Gasteiger partial charge in [-0.2, -0.15) is 0 Å².